The van der Waals surface area contributed by atoms with Crippen LogP contribution >= 0.6 is 0 Å². The van der Waals surface area contributed by atoms with Crippen molar-refractivity contribution in [1.29, 1.82) is 0 Å². The van der Waals surface area contributed by atoms with Crippen molar-refractivity contribution in [2.75, 3.05) is 13.7 Å². The molecule has 17 heavy (non-hydrogen) atoms. The Hall–Kier alpha value is -1.16. The summed E-state index contributed by atoms with van der Waals surface area (Å²) in [7, 11) is 1.68. The van der Waals surface area contributed by atoms with Gasteiger partial charge in [0, 0.05) is 26.0 Å². The Morgan fingerprint density at radius 1 is 1.18 bits per heavy atom. The fourth-order valence-corrected chi connectivity index (χ4v) is 0.303. The number of aromatic amines is 1. The van der Waals surface area contributed by atoms with Crippen molar-refractivity contribution in [1.82, 2.24) is 9.97 Å². The first-order chi connectivity index (χ1) is 8.31. The lowest BCUT2D eigenvalue weighted by molar-refractivity contribution is 0.215. The molecule has 1 heterocycles. The summed E-state index contributed by atoms with van der Waals surface area (Å²) in [5.74, 6) is 0. The molecule has 0 aliphatic carbocycles. The molecule has 1 aromatic rings. The lowest BCUT2D eigenvalue weighted by Gasteiger charge is -1.76. The van der Waals surface area contributed by atoms with Crippen LogP contribution in [0.3, 0.4) is 0 Å². The third-order valence-corrected chi connectivity index (χ3v) is 0.882. The summed E-state index contributed by atoms with van der Waals surface area (Å²) < 4.78 is 4.54. The van der Waals surface area contributed by atoms with Gasteiger partial charge in [-0.05, 0) is 6.92 Å². The Labute approximate surface area is 106 Å². The van der Waals surface area contributed by atoms with Gasteiger partial charge in [-0.15, -0.1) is 0 Å². The molecule has 0 spiro atoms. The third kappa shape index (κ3) is 39.8. The van der Waals surface area contributed by atoms with Gasteiger partial charge in [0.1, 0.15) is 0 Å². The van der Waals surface area contributed by atoms with Crippen molar-refractivity contribution in [2.45, 2.75) is 48.5 Å². The van der Waals surface area contributed by atoms with Crippen LogP contribution in [-0.2, 0) is 4.74 Å². The van der Waals surface area contributed by atoms with Gasteiger partial charge < -0.3 is 9.72 Å². The van der Waals surface area contributed by atoms with Crippen LogP contribution in [0, 0.1) is 0 Å². The van der Waals surface area contributed by atoms with E-state index < -0.39 is 0 Å². The minimum absolute atomic E-state index is 0.116. The number of nitrogens with one attached hydrogen (secondary N) is 1. The number of H-pyrrole nitrogens is 1. The zero-order valence-corrected chi connectivity index (χ0v) is 12.7. The van der Waals surface area contributed by atoms with Crippen LogP contribution in [0.1, 0.15) is 48.5 Å². The zero-order chi connectivity index (χ0) is 14.5. The average Bonchev–Trinajstić information content (AvgIpc) is 2.46. The molecule has 0 unspecified atom stereocenters. The molecule has 1 rings (SSSR count). The van der Waals surface area contributed by atoms with Crippen LogP contribution in [0.25, 0.3) is 0 Å². The summed E-state index contributed by atoms with van der Waals surface area (Å²) in [5.41, 5.74) is -0.116. The number of methoxy groups -OCH3 is 1. The summed E-state index contributed by atoms with van der Waals surface area (Å²) in [6.07, 6.45) is 2.79. The fraction of sp³-hybridized carbons (Fsp3) is 0.692. The van der Waals surface area contributed by atoms with Crippen LogP contribution in [0.4, 0.5) is 0 Å². The molecule has 1 N–H and O–H groups in total. The molecule has 0 aliphatic rings. The van der Waals surface area contributed by atoms with E-state index in [0.717, 1.165) is 6.61 Å². The van der Waals surface area contributed by atoms with Gasteiger partial charge in [-0.2, -0.15) is 0 Å². The topological polar surface area (TPSA) is 55.0 Å². The number of nitrogens with zero attached hydrogens (tertiary/aromatic N) is 1. The normalized spacial score (nSPS) is 6.35. The largest absolute Gasteiger partial charge is 0.385 e. The number of rotatable bonds is 1. The van der Waals surface area contributed by atoms with Crippen molar-refractivity contribution in [3.05, 3.63) is 28.9 Å². The second-order valence-corrected chi connectivity index (χ2v) is 1.68. The van der Waals surface area contributed by atoms with E-state index in [1.54, 1.807) is 7.11 Å². The van der Waals surface area contributed by atoms with E-state index in [9.17, 15) is 4.79 Å². The van der Waals surface area contributed by atoms with Crippen molar-refractivity contribution in [3.63, 3.8) is 0 Å². The van der Waals surface area contributed by atoms with E-state index in [1.165, 1.54) is 18.6 Å². The molecule has 104 valence electrons. The van der Waals surface area contributed by atoms with Gasteiger partial charge in [-0.1, -0.05) is 41.5 Å². The van der Waals surface area contributed by atoms with E-state index in [0.29, 0.717) is 0 Å². The average molecular weight is 246 g/mol. The maximum Gasteiger partial charge on any atom is 0.250 e. The predicted molar refractivity (Wildman–Crippen MR) is 76.5 cm³/mol. The number of hydrogen-bond acceptors (Lipinski definition) is 3. The van der Waals surface area contributed by atoms with Crippen molar-refractivity contribution in [3.8, 4) is 0 Å². The quantitative estimate of drug-likeness (QED) is 0.825. The fourth-order valence-electron chi connectivity index (χ4n) is 0.303. The highest BCUT2D eigenvalue weighted by Gasteiger charge is 1.70. The molecule has 1 aromatic heterocycles. The molecule has 0 fully saturated rings. The van der Waals surface area contributed by atoms with Gasteiger partial charge in [-0.25, -0.2) is 4.98 Å². The van der Waals surface area contributed by atoms with E-state index in [-0.39, 0.29) is 5.56 Å². The Bertz CT molecular complexity index is 205. The van der Waals surface area contributed by atoms with Crippen molar-refractivity contribution in [2.24, 2.45) is 0 Å². The van der Waals surface area contributed by atoms with E-state index in [2.05, 4.69) is 14.7 Å². The summed E-state index contributed by atoms with van der Waals surface area (Å²) in [4.78, 5) is 16.1. The summed E-state index contributed by atoms with van der Waals surface area (Å²) >= 11 is 0. The van der Waals surface area contributed by atoms with Gasteiger partial charge in [-0.3, -0.25) is 4.79 Å². The highest BCUT2D eigenvalue weighted by atomic mass is 16.5. The summed E-state index contributed by atoms with van der Waals surface area (Å²) in [6.45, 7) is 14.8. The SMILES string of the molecule is CC.CC.CC.CCOC.O=c1ccnc[nH]1. The smallest absolute Gasteiger partial charge is 0.250 e. The lowest BCUT2D eigenvalue weighted by atomic mass is 10.7. The molecule has 0 atom stereocenters. The van der Waals surface area contributed by atoms with Crippen LogP contribution in [0.5, 0.6) is 0 Å². The van der Waals surface area contributed by atoms with Gasteiger partial charge in [0.15, 0.2) is 0 Å². The number of aromatic nitrogens is 2. The van der Waals surface area contributed by atoms with Gasteiger partial charge in [0.05, 0.1) is 6.33 Å². The van der Waals surface area contributed by atoms with Crippen molar-refractivity contribution >= 4 is 0 Å². The third-order valence-electron chi connectivity index (χ3n) is 0.882. The molecule has 0 saturated carbocycles. The first kappa shape index (κ1) is 24.9. The molecular formula is C13H30N2O2. The molecule has 0 amide bonds. The number of hydrogen-bond donors (Lipinski definition) is 1. The van der Waals surface area contributed by atoms with E-state index >= 15 is 0 Å². The van der Waals surface area contributed by atoms with Gasteiger partial charge in [0.25, 0.3) is 5.56 Å². The van der Waals surface area contributed by atoms with Crippen molar-refractivity contribution < 1.29 is 4.74 Å². The zero-order valence-electron chi connectivity index (χ0n) is 12.7. The van der Waals surface area contributed by atoms with Crippen LogP contribution in [-0.4, -0.2) is 23.7 Å². The molecule has 4 heteroatoms. The summed E-state index contributed by atoms with van der Waals surface area (Å²) in [5, 5.41) is 0. The molecule has 0 saturated heterocycles. The monoisotopic (exact) mass is 246 g/mol. The second-order valence-electron chi connectivity index (χ2n) is 1.68. The number of ether oxygens (including phenoxy) is 1. The Morgan fingerprint density at radius 3 is 1.71 bits per heavy atom. The molecule has 0 bridgehead atoms. The molecule has 0 aromatic carbocycles. The second kappa shape index (κ2) is 36.4. The maximum atomic E-state index is 10.2. The highest BCUT2D eigenvalue weighted by Crippen LogP contribution is 1.57. The first-order valence-electron chi connectivity index (χ1n) is 6.29. The Balaban J connectivity index is -0.0000000735. The molecular weight excluding hydrogens is 216 g/mol. The van der Waals surface area contributed by atoms with Crippen LogP contribution in [0.15, 0.2) is 23.4 Å². The lowest BCUT2D eigenvalue weighted by Crippen LogP contribution is -2.00. The van der Waals surface area contributed by atoms with Gasteiger partial charge >= 0.3 is 0 Å². The van der Waals surface area contributed by atoms with Gasteiger partial charge in [0.2, 0.25) is 0 Å². The molecule has 0 aliphatic heterocycles. The Kier molecular flexibility index (Phi) is 53.2. The minimum atomic E-state index is -0.116. The molecule has 4 nitrogen and oxygen atoms in total. The van der Waals surface area contributed by atoms with E-state index in [4.69, 9.17) is 0 Å². The Morgan fingerprint density at radius 2 is 1.59 bits per heavy atom. The molecule has 0 radical (unpaired) electrons. The minimum Gasteiger partial charge on any atom is -0.385 e. The predicted octanol–water partition coefficient (Wildman–Crippen LogP) is 3.50. The highest BCUT2D eigenvalue weighted by molar-refractivity contribution is 4.76. The standard InChI is InChI=1S/C4H4N2O.C3H8O.3C2H6/c7-4-1-2-5-3-6-4;1-3-4-2;3*1-2/h1-3H,(H,5,6,7);3H2,1-2H3;3*1-2H3. The van der Waals surface area contributed by atoms with E-state index in [1.807, 2.05) is 48.5 Å². The van der Waals surface area contributed by atoms with Crippen LogP contribution in [0.2, 0.25) is 0 Å². The summed E-state index contributed by atoms with van der Waals surface area (Å²) in [6, 6.07) is 1.36. The first-order valence-corrected chi connectivity index (χ1v) is 6.29. The van der Waals surface area contributed by atoms with Crippen LogP contribution < -0.4 is 5.56 Å². The maximum absolute atomic E-state index is 10.2.